The average Bonchev–Trinajstić information content (AvgIpc) is 2.29. The zero-order valence-corrected chi connectivity index (χ0v) is 10.6. The molecule has 2 rings (SSSR count). The molecule has 98 valence electrons. The van der Waals surface area contributed by atoms with Crippen molar-refractivity contribution in [3.63, 3.8) is 0 Å². The zero-order chi connectivity index (χ0) is 11.7. The Hall–Kier alpha value is -1.70. The van der Waals surface area contributed by atoms with E-state index in [1.807, 2.05) is 0 Å². The average molecular weight is 293 g/mol. The molecule has 0 bridgehead atoms. The van der Waals surface area contributed by atoms with Crippen molar-refractivity contribution in [1.29, 1.82) is 0 Å². The van der Waals surface area contributed by atoms with Gasteiger partial charge in [-0.2, -0.15) is 0 Å². The predicted octanol–water partition coefficient (Wildman–Crippen LogP) is 1.06. The van der Waals surface area contributed by atoms with E-state index in [0.29, 0.717) is 5.52 Å². The Bertz CT molecular complexity index is 629. The Morgan fingerprint density at radius 2 is 2.06 bits per heavy atom. The number of nitro groups is 1. The lowest BCUT2D eigenvalue weighted by Crippen LogP contribution is -2.24. The van der Waals surface area contributed by atoms with Gasteiger partial charge in [0.2, 0.25) is 0 Å². The summed E-state index contributed by atoms with van der Waals surface area (Å²) in [7, 11) is 0. The number of non-ortho nitro benzene ring substituents is 1. The van der Waals surface area contributed by atoms with Gasteiger partial charge in [0.25, 0.3) is 11.2 Å². The SMILES string of the molecule is Cl.Cl.NCn1cnc2ccc([N+](=O)[O-])cc2c1=O. The summed E-state index contributed by atoms with van der Waals surface area (Å²) in [5.41, 5.74) is 5.23. The second-order valence-electron chi connectivity index (χ2n) is 3.16. The van der Waals surface area contributed by atoms with E-state index in [4.69, 9.17) is 5.73 Å². The van der Waals surface area contributed by atoms with Crippen LogP contribution in [0.25, 0.3) is 10.9 Å². The minimum Gasteiger partial charge on any atom is -0.313 e. The number of benzene rings is 1. The van der Waals surface area contributed by atoms with Crippen molar-refractivity contribution in [3.8, 4) is 0 Å². The number of hydrogen-bond donors (Lipinski definition) is 1. The second kappa shape index (κ2) is 6.29. The van der Waals surface area contributed by atoms with Crippen LogP contribution >= 0.6 is 24.8 Å². The third kappa shape index (κ3) is 2.76. The zero-order valence-electron chi connectivity index (χ0n) is 8.98. The van der Waals surface area contributed by atoms with Crippen LogP contribution in [0, 0.1) is 10.1 Å². The van der Waals surface area contributed by atoms with Gasteiger partial charge in [-0.1, -0.05) is 0 Å². The Labute approximate surface area is 114 Å². The Kier molecular flexibility index (Phi) is 5.70. The molecule has 7 nitrogen and oxygen atoms in total. The Morgan fingerprint density at radius 1 is 1.39 bits per heavy atom. The van der Waals surface area contributed by atoms with E-state index in [1.54, 1.807) is 0 Å². The van der Waals surface area contributed by atoms with Gasteiger partial charge in [0.15, 0.2) is 0 Å². The van der Waals surface area contributed by atoms with E-state index in [-0.39, 0.29) is 48.1 Å². The molecule has 0 aliphatic heterocycles. The maximum atomic E-state index is 11.8. The van der Waals surface area contributed by atoms with E-state index in [9.17, 15) is 14.9 Å². The molecule has 1 heterocycles. The Morgan fingerprint density at radius 3 is 2.61 bits per heavy atom. The number of nitrogens with zero attached hydrogens (tertiary/aromatic N) is 3. The van der Waals surface area contributed by atoms with E-state index in [1.165, 1.54) is 29.1 Å². The van der Waals surface area contributed by atoms with Crippen LogP contribution in [0.2, 0.25) is 0 Å². The highest BCUT2D eigenvalue weighted by molar-refractivity contribution is 5.85. The fourth-order valence-corrected chi connectivity index (χ4v) is 1.39. The van der Waals surface area contributed by atoms with Gasteiger partial charge in [-0.3, -0.25) is 19.5 Å². The number of hydrogen-bond acceptors (Lipinski definition) is 5. The summed E-state index contributed by atoms with van der Waals surface area (Å²) in [5, 5.41) is 10.8. The number of fused-ring (bicyclic) bond motifs is 1. The first-order valence-corrected chi connectivity index (χ1v) is 4.47. The minimum atomic E-state index is -0.557. The van der Waals surface area contributed by atoms with Crippen molar-refractivity contribution in [1.82, 2.24) is 9.55 Å². The molecule has 2 aromatic rings. The first-order valence-electron chi connectivity index (χ1n) is 4.47. The first kappa shape index (κ1) is 16.3. The molecule has 2 N–H and O–H groups in total. The molecule has 0 fully saturated rings. The number of rotatable bonds is 2. The topological polar surface area (TPSA) is 104 Å². The van der Waals surface area contributed by atoms with Crippen LogP contribution in [0.4, 0.5) is 5.69 Å². The van der Waals surface area contributed by atoms with E-state index in [2.05, 4.69) is 4.98 Å². The maximum Gasteiger partial charge on any atom is 0.270 e. The van der Waals surface area contributed by atoms with Crippen LogP contribution in [0.3, 0.4) is 0 Å². The van der Waals surface area contributed by atoms with E-state index >= 15 is 0 Å². The van der Waals surface area contributed by atoms with Gasteiger partial charge < -0.3 is 5.73 Å². The van der Waals surface area contributed by atoms with Gasteiger partial charge in [-0.25, -0.2) is 4.98 Å². The maximum absolute atomic E-state index is 11.8. The summed E-state index contributed by atoms with van der Waals surface area (Å²) in [6.07, 6.45) is 1.32. The summed E-state index contributed by atoms with van der Waals surface area (Å²) < 4.78 is 1.19. The quantitative estimate of drug-likeness (QED) is 0.658. The monoisotopic (exact) mass is 292 g/mol. The summed E-state index contributed by atoms with van der Waals surface area (Å²) in [6.45, 7) is -0.00946. The molecule has 0 saturated heterocycles. The standard InChI is InChI=1S/C9H8N4O3.2ClH/c10-4-12-5-11-8-2-1-6(13(15)16)3-7(8)9(12)14;;/h1-3,5H,4,10H2;2*1H. The second-order valence-corrected chi connectivity index (χ2v) is 3.16. The smallest absolute Gasteiger partial charge is 0.270 e. The van der Waals surface area contributed by atoms with Crippen molar-refractivity contribution in [2.24, 2.45) is 5.73 Å². The number of halogens is 2. The van der Waals surface area contributed by atoms with Gasteiger partial charge in [-0.15, -0.1) is 24.8 Å². The van der Waals surface area contributed by atoms with Gasteiger partial charge in [-0.05, 0) is 6.07 Å². The molecule has 0 aliphatic rings. The van der Waals surface area contributed by atoms with Crippen molar-refractivity contribution in [2.75, 3.05) is 0 Å². The normalized spacial score (nSPS) is 9.39. The van der Waals surface area contributed by atoms with Crippen molar-refractivity contribution in [2.45, 2.75) is 6.67 Å². The molecule has 0 aliphatic carbocycles. The third-order valence-electron chi connectivity index (χ3n) is 2.22. The molecular formula is C9H10Cl2N4O3. The number of aromatic nitrogens is 2. The van der Waals surface area contributed by atoms with E-state index in [0.717, 1.165) is 0 Å². The molecule has 0 unspecified atom stereocenters. The van der Waals surface area contributed by atoms with Crippen molar-refractivity contribution < 1.29 is 4.92 Å². The molecule has 18 heavy (non-hydrogen) atoms. The van der Waals surface area contributed by atoms with Crippen LogP contribution in [0.15, 0.2) is 29.3 Å². The van der Waals surface area contributed by atoms with Crippen LogP contribution in [0.5, 0.6) is 0 Å². The fourth-order valence-electron chi connectivity index (χ4n) is 1.39. The van der Waals surface area contributed by atoms with Crippen LogP contribution in [-0.4, -0.2) is 14.5 Å². The number of nitro benzene ring substituents is 1. The minimum absolute atomic E-state index is 0. The fraction of sp³-hybridized carbons (Fsp3) is 0.111. The molecular weight excluding hydrogens is 283 g/mol. The summed E-state index contributed by atoms with van der Waals surface area (Å²) in [6, 6.07) is 3.95. The molecule has 0 spiro atoms. The highest BCUT2D eigenvalue weighted by atomic mass is 35.5. The van der Waals surface area contributed by atoms with Gasteiger partial charge >= 0.3 is 0 Å². The molecule has 1 aromatic heterocycles. The largest absolute Gasteiger partial charge is 0.313 e. The molecule has 1 aromatic carbocycles. The van der Waals surface area contributed by atoms with Crippen LogP contribution in [-0.2, 0) is 6.67 Å². The summed E-state index contributed by atoms with van der Waals surface area (Å²) >= 11 is 0. The lowest BCUT2D eigenvalue weighted by atomic mass is 10.2. The lowest BCUT2D eigenvalue weighted by molar-refractivity contribution is -0.384. The van der Waals surface area contributed by atoms with Crippen molar-refractivity contribution >= 4 is 41.4 Å². The van der Waals surface area contributed by atoms with E-state index < -0.39 is 4.92 Å². The molecule has 0 amide bonds. The summed E-state index contributed by atoms with van der Waals surface area (Å²) in [4.78, 5) is 25.7. The molecule has 9 heteroatoms. The van der Waals surface area contributed by atoms with Gasteiger partial charge in [0.05, 0.1) is 28.8 Å². The third-order valence-corrected chi connectivity index (χ3v) is 2.22. The molecule has 0 saturated carbocycles. The summed E-state index contributed by atoms with van der Waals surface area (Å²) in [5.74, 6) is 0. The lowest BCUT2D eigenvalue weighted by Gasteiger charge is -2.02. The highest BCUT2D eigenvalue weighted by Crippen LogP contribution is 2.15. The van der Waals surface area contributed by atoms with Crippen LogP contribution in [0.1, 0.15) is 0 Å². The molecule has 0 radical (unpaired) electrons. The number of nitrogens with two attached hydrogens (primary N) is 1. The molecule has 0 atom stereocenters. The van der Waals surface area contributed by atoms with Crippen molar-refractivity contribution in [3.05, 3.63) is 45.0 Å². The van der Waals surface area contributed by atoms with Gasteiger partial charge in [0.1, 0.15) is 0 Å². The van der Waals surface area contributed by atoms with Crippen LogP contribution < -0.4 is 11.3 Å². The first-order chi connectivity index (χ1) is 7.63. The van der Waals surface area contributed by atoms with Gasteiger partial charge in [0, 0.05) is 12.1 Å². The predicted molar refractivity (Wildman–Crippen MR) is 71.3 cm³/mol. The Balaban J connectivity index is 0.00000144. The highest BCUT2D eigenvalue weighted by Gasteiger charge is 2.09.